The van der Waals surface area contributed by atoms with Crippen molar-refractivity contribution >= 4 is 0 Å². The van der Waals surface area contributed by atoms with Crippen molar-refractivity contribution in [3.05, 3.63) is 11.3 Å². The standard InChI is InChI=1S/C6H13N/c1-4-5(2)6(3)7/h4,7H2,1-3H3/b6-5-. The van der Waals surface area contributed by atoms with Gasteiger partial charge in [0.25, 0.3) is 0 Å². The van der Waals surface area contributed by atoms with Gasteiger partial charge < -0.3 is 5.73 Å². The first-order valence-corrected chi connectivity index (χ1v) is 2.60. The van der Waals surface area contributed by atoms with Crippen LogP contribution >= 0.6 is 0 Å². The Bertz CT molecular complexity index is 78.2. The van der Waals surface area contributed by atoms with Gasteiger partial charge in [-0.2, -0.15) is 0 Å². The first-order chi connectivity index (χ1) is 3.18. The average Bonchev–Trinajstić information content (AvgIpc) is 1.65. The Morgan fingerprint density at radius 3 is 1.86 bits per heavy atom. The van der Waals surface area contributed by atoms with E-state index in [-0.39, 0.29) is 0 Å². The fraction of sp³-hybridized carbons (Fsp3) is 0.667. The summed E-state index contributed by atoms with van der Waals surface area (Å²) in [6, 6.07) is 0. The van der Waals surface area contributed by atoms with Gasteiger partial charge >= 0.3 is 0 Å². The number of rotatable bonds is 1. The molecular weight excluding hydrogens is 86.1 g/mol. The van der Waals surface area contributed by atoms with E-state index in [4.69, 9.17) is 5.73 Å². The largest absolute Gasteiger partial charge is 0.402 e. The molecule has 0 radical (unpaired) electrons. The summed E-state index contributed by atoms with van der Waals surface area (Å²) in [7, 11) is 0. The molecule has 0 spiro atoms. The lowest BCUT2D eigenvalue weighted by molar-refractivity contribution is 1.04. The van der Waals surface area contributed by atoms with Crippen molar-refractivity contribution in [3.8, 4) is 0 Å². The molecule has 0 aromatic carbocycles. The fourth-order valence-corrected chi connectivity index (χ4v) is 0.279. The van der Waals surface area contributed by atoms with Gasteiger partial charge in [0.15, 0.2) is 0 Å². The number of hydrogen-bond acceptors (Lipinski definition) is 1. The highest BCUT2D eigenvalue weighted by Crippen LogP contribution is 1.99. The third-order valence-corrected chi connectivity index (χ3v) is 1.20. The molecule has 7 heavy (non-hydrogen) atoms. The van der Waals surface area contributed by atoms with Crippen molar-refractivity contribution in [2.24, 2.45) is 5.73 Å². The van der Waals surface area contributed by atoms with E-state index in [0.717, 1.165) is 12.1 Å². The minimum atomic E-state index is 0.961. The normalized spacial score (nSPS) is 13.6. The van der Waals surface area contributed by atoms with Crippen molar-refractivity contribution in [1.29, 1.82) is 0 Å². The summed E-state index contributed by atoms with van der Waals surface area (Å²) in [5, 5.41) is 0. The minimum Gasteiger partial charge on any atom is -0.402 e. The molecule has 0 saturated heterocycles. The second-order valence-electron chi connectivity index (χ2n) is 1.82. The van der Waals surface area contributed by atoms with Crippen molar-refractivity contribution in [2.45, 2.75) is 27.2 Å². The maximum Gasteiger partial charge on any atom is 0.00378 e. The molecule has 0 aliphatic rings. The highest BCUT2D eigenvalue weighted by Gasteiger charge is 1.83. The Morgan fingerprint density at radius 1 is 1.43 bits per heavy atom. The van der Waals surface area contributed by atoms with E-state index >= 15 is 0 Å². The number of hydrogen-bond donors (Lipinski definition) is 1. The van der Waals surface area contributed by atoms with Gasteiger partial charge in [-0.05, 0) is 20.3 Å². The van der Waals surface area contributed by atoms with Crippen LogP contribution in [0.25, 0.3) is 0 Å². The van der Waals surface area contributed by atoms with Gasteiger partial charge in [-0.25, -0.2) is 0 Å². The third kappa shape index (κ3) is 2.26. The summed E-state index contributed by atoms with van der Waals surface area (Å²) in [5.74, 6) is 0. The summed E-state index contributed by atoms with van der Waals surface area (Å²) in [5.41, 5.74) is 7.68. The van der Waals surface area contributed by atoms with Crippen LogP contribution in [0.2, 0.25) is 0 Å². The van der Waals surface area contributed by atoms with Crippen molar-refractivity contribution < 1.29 is 0 Å². The molecule has 0 rings (SSSR count). The lowest BCUT2D eigenvalue weighted by atomic mass is 10.2. The summed E-state index contributed by atoms with van der Waals surface area (Å²) < 4.78 is 0. The summed E-state index contributed by atoms with van der Waals surface area (Å²) >= 11 is 0. The Kier molecular flexibility index (Phi) is 2.49. The molecule has 0 aromatic rings. The Hall–Kier alpha value is -0.460. The molecule has 0 aliphatic heterocycles. The Morgan fingerprint density at radius 2 is 1.86 bits per heavy atom. The zero-order chi connectivity index (χ0) is 5.86. The highest BCUT2D eigenvalue weighted by atomic mass is 14.6. The van der Waals surface area contributed by atoms with Gasteiger partial charge in [-0.15, -0.1) is 0 Å². The van der Waals surface area contributed by atoms with Gasteiger partial charge in [0.05, 0.1) is 0 Å². The lowest BCUT2D eigenvalue weighted by Crippen LogP contribution is -1.93. The maximum absolute atomic E-state index is 5.43. The molecule has 0 aromatic heterocycles. The summed E-state index contributed by atoms with van der Waals surface area (Å²) in [4.78, 5) is 0. The third-order valence-electron chi connectivity index (χ3n) is 1.20. The minimum absolute atomic E-state index is 0.961. The molecule has 1 heteroatoms. The molecule has 0 atom stereocenters. The molecule has 2 N–H and O–H groups in total. The maximum atomic E-state index is 5.43. The Labute approximate surface area is 45.2 Å². The highest BCUT2D eigenvalue weighted by molar-refractivity contribution is 5.03. The topological polar surface area (TPSA) is 26.0 Å². The van der Waals surface area contributed by atoms with Crippen molar-refractivity contribution in [1.82, 2.24) is 0 Å². The predicted molar refractivity (Wildman–Crippen MR) is 32.9 cm³/mol. The smallest absolute Gasteiger partial charge is 0.00378 e. The fourth-order valence-electron chi connectivity index (χ4n) is 0.279. The van der Waals surface area contributed by atoms with E-state index in [0.29, 0.717) is 0 Å². The van der Waals surface area contributed by atoms with Gasteiger partial charge in [0.2, 0.25) is 0 Å². The van der Waals surface area contributed by atoms with Crippen LogP contribution in [0.1, 0.15) is 27.2 Å². The van der Waals surface area contributed by atoms with Crippen LogP contribution < -0.4 is 5.73 Å². The second-order valence-corrected chi connectivity index (χ2v) is 1.82. The molecule has 0 unspecified atom stereocenters. The molecule has 0 amide bonds. The number of nitrogens with two attached hydrogens (primary N) is 1. The van der Waals surface area contributed by atoms with Crippen LogP contribution in [0.5, 0.6) is 0 Å². The van der Waals surface area contributed by atoms with E-state index < -0.39 is 0 Å². The molecule has 0 bridgehead atoms. The van der Waals surface area contributed by atoms with Crippen molar-refractivity contribution in [2.75, 3.05) is 0 Å². The lowest BCUT2D eigenvalue weighted by Gasteiger charge is -1.94. The van der Waals surface area contributed by atoms with E-state index in [1.54, 1.807) is 0 Å². The molecule has 0 aliphatic carbocycles. The zero-order valence-electron chi connectivity index (χ0n) is 5.28. The molecule has 0 fully saturated rings. The monoisotopic (exact) mass is 99.1 g/mol. The predicted octanol–water partition coefficient (Wildman–Crippen LogP) is 1.65. The van der Waals surface area contributed by atoms with Crippen LogP contribution in [-0.4, -0.2) is 0 Å². The van der Waals surface area contributed by atoms with Crippen LogP contribution in [0.3, 0.4) is 0 Å². The van der Waals surface area contributed by atoms with Crippen LogP contribution in [0, 0.1) is 0 Å². The van der Waals surface area contributed by atoms with Crippen LogP contribution in [0.4, 0.5) is 0 Å². The molecule has 42 valence electrons. The quantitative estimate of drug-likeness (QED) is 0.531. The zero-order valence-corrected chi connectivity index (χ0v) is 5.28. The van der Waals surface area contributed by atoms with E-state index in [2.05, 4.69) is 13.8 Å². The molecular formula is C6H13N. The second kappa shape index (κ2) is 2.67. The van der Waals surface area contributed by atoms with Gasteiger partial charge in [0.1, 0.15) is 0 Å². The van der Waals surface area contributed by atoms with Gasteiger partial charge in [0, 0.05) is 5.70 Å². The summed E-state index contributed by atoms with van der Waals surface area (Å²) in [6.07, 6.45) is 1.07. The SMILES string of the molecule is CC/C(C)=C(/C)N. The van der Waals surface area contributed by atoms with Gasteiger partial charge in [-0.1, -0.05) is 12.5 Å². The first-order valence-electron chi connectivity index (χ1n) is 2.60. The van der Waals surface area contributed by atoms with E-state index in [1.165, 1.54) is 5.57 Å². The van der Waals surface area contributed by atoms with Crippen LogP contribution in [0.15, 0.2) is 11.3 Å². The van der Waals surface area contributed by atoms with E-state index in [9.17, 15) is 0 Å². The molecule has 0 saturated carbocycles. The summed E-state index contributed by atoms with van der Waals surface area (Å²) in [6.45, 7) is 6.08. The average molecular weight is 99.2 g/mol. The van der Waals surface area contributed by atoms with Crippen molar-refractivity contribution in [3.63, 3.8) is 0 Å². The first kappa shape index (κ1) is 6.54. The Balaban J connectivity index is 3.72. The van der Waals surface area contributed by atoms with Crippen LogP contribution in [-0.2, 0) is 0 Å². The van der Waals surface area contributed by atoms with E-state index in [1.807, 2.05) is 6.92 Å². The number of allylic oxidation sites excluding steroid dienone is 2. The van der Waals surface area contributed by atoms with Gasteiger partial charge in [-0.3, -0.25) is 0 Å². The molecule has 1 nitrogen and oxygen atoms in total. The molecule has 0 heterocycles.